The highest BCUT2D eigenvalue weighted by atomic mass is 16.5. The number of para-hydroxylation sites is 1. The maximum absolute atomic E-state index is 12.9. The SMILES string of the molecule is COc1ccc(CC(=O)N2CCC(N3CC(=O)N(c4ccccc4)C3=O)CC2)cc1OC. The Balaban J connectivity index is 1.35. The molecular weight excluding hydrogens is 410 g/mol. The summed E-state index contributed by atoms with van der Waals surface area (Å²) in [6.45, 7) is 1.19. The minimum atomic E-state index is -0.281. The molecule has 8 nitrogen and oxygen atoms in total. The van der Waals surface area contributed by atoms with E-state index in [1.807, 2.05) is 23.1 Å². The molecule has 0 unspecified atom stereocenters. The quantitative estimate of drug-likeness (QED) is 0.650. The molecule has 2 aliphatic rings. The largest absolute Gasteiger partial charge is 0.493 e. The standard InChI is InChI=1S/C24H27N3O5/c1-31-20-9-8-17(14-21(20)32-2)15-22(28)25-12-10-18(11-13-25)26-16-23(29)27(24(26)30)19-6-4-3-5-7-19/h3-9,14,18H,10-13,15-16H2,1-2H3. The molecule has 0 aliphatic carbocycles. The van der Waals surface area contributed by atoms with Crippen LogP contribution in [0.5, 0.6) is 11.5 Å². The first kappa shape index (κ1) is 21.7. The van der Waals surface area contributed by atoms with Crippen LogP contribution in [-0.4, -0.2) is 67.5 Å². The predicted octanol–water partition coefficient (Wildman–Crippen LogP) is 2.71. The molecule has 0 spiro atoms. The molecular formula is C24H27N3O5. The fourth-order valence-electron chi connectivity index (χ4n) is 4.34. The number of piperidine rings is 1. The zero-order valence-electron chi connectivity index (χ0n) is 18.3. The zero-order chi connectivity index (χ0) is 22.7. The number of benzene rings is 2. The highest BCUT2D eigenvalue weighted by Gasteiger charge is 2.41. The molecule has 8 heteroatoms. The normalized spacial score (nSPS) is 17.1. The lowest BCUT2D eigenvalue weighted by atomic mass is 10.0. The maximum Gasteiger partial charge on any atom is 0.332 e. The van der Waals surface area contributed by atoms with Crippen LogP contribution < -0.4 is 14.4 Å². The van der Waals surface area contributed by atoms with Crippen molar-refractivity contribution >= 4 is 23.5 Å². The number of rotatable bonds is 6. The van der Waals surface area contributed by atoms with Gasteiger partial charge in [-0.25, -0.2) is 9.69 Å². The highest BCUT2D eigenvalue weighted by molar-refractivity contribution is 6.19. The second-order valence-corrected chi connectivity index (χ2v) is 7.95. The minimum Gasteiger partial charge on any atom is -0.493 e. The topological polar surface area (TPSA) is 79.4 Å². The van der Waals surface area contributed by atoms with Gasteiger partial charge in [-0.15, -0.1) is 0 Å². The van der Waals surface area contributed by atoms with E-state index in [4.69, 9.17) is 9.47 Å². The van der Waals surface area contributed by atoms with Crippen molar-refractivity contribution in [1.82, 2.24) is 9.80 Å². The van der Waals surface area contributed by atoms with Gasteiger partial charge in [-0.3, -0.25) is 9.59 Å². The molecule has 2 aromatic rings. The summed E-state index contributed by atoms with van der Waals surface area (Å²) in [5, 5.41) is 0. The summed E-state index contributed by atoms with van der Waals surface area (Å²) < 4.78 is 10.6. The van der Waals surface area contributed by atoms with Gasteiger partial charge >= 0.3 is 6.03 Å². The van der Waals surface area contributed by atoms with Crippen molar-refractivity contribution in [2.24, 2.45) is 0 Å². The lowest BCUT2D eigenvalue weighted by Gasteiger charge is -2.36. The zero-order valence-corrected chi connectivity index (χ0v) is 18.3. The molecule has 32 heavy (non-hydrogen) atoms. The van der Waals surface area contributed by atoms with Crippen molar-refractivity contribution < 1.29 is 23.9 Å². The predicted molar refractivity (Wildman–Crippen MR) is 119 cm³/mol. The fraction of sp³-hybridized carbons (Fsp3) is 0.375. The van der Waals surface area contributed by atoms with E-state index in [0.717, 1.165) is 5.56 Å². The number of methoxy groups -OCH3 is 2. The number of nitrogens with zero attached hydrogens (tertiary/aromatic N) is 3. The molecule has 0 aromatic heterocycles. The lowest BCUT2D eigenvalue weighted by Crippen LogP contribution is -2.48. The Hall–Kier alpha value is -3.55. The average Bonchev–Trinajstić information content (AvgIpc) is 3.13. The number of amides is 4. The molecule has 0 atom stereocenters. The van der Waals surface area contributed by atoms with Crippen molar-refractivity contribution in [3.63, 3.8) is 0 Å². The Bertz CT molecular complexity index is 1000. The van der Waals surface area contributed by atoms with Gasteiger partial charge in [-0.1, -0.05) is 24.3 Å². The van der Waals surface area contributed by atoms with Crippen LogP contribution >= 0.6 is 0 Å². The molecule has 0 bridgehead atoms. The van der Waals surface area contributed by atoms with E-state index in [9.17, 15) is 14.4 Å². The third kappa shape index (κ3) is 4.26. The molecule has 4 rings (SSSR count). The molecule has 2 fully saturated rings. The van der Waals surface area contributed by atoms with E-state index in [1.54, 1.807) is 49.5 Å². The number of anilines is 1. The van der Waals surface area contributed by atoms with E-state index in [0.29, 0.717) is 43.1 Å². The highest BCUT2D eigenvalue weighted by Crippen LogP contribution is 2.29. The number of likely N-dealkylation sites (tertiary alicyclic amines) is 1. The second kappa shape index (κ2) is 9.30. The van der Waals surface area contributed by atoms with Crippen LogP contribution in [0.1, 0.15) is 18.4 Å². The summed E-state index contributed by atoms with van der Waals surface area (Å²) in [6, 6.07) is 14.1. The second-order valence-electron chi connectivity index (χ2n) is 7.95. The summed E-state index contributed by atoms with van der Waals surface area (Å²) in [4.78, 5) is 42.9. The Morgan fingerprint density at radius 3 is 2.31 bits per heavy atom. The monoisotopic (exact) mass is 437 g/mol. The lowest BCUT2D eigenvalue weighted by molar-refractivity contribution is -0.132. The third-order valence-electron chi connectivity index (χ3n) is 6.07. The van der Waals surface area contributed by atoms with E-state index in [2.05, 4.69) is 0 Å². The first-order valence-electron chi connectivity index (χ1n) is 10.7. The van der Waals surface area contributed by atoms with Crippen LogP contribution in [0.25, 0.3) is 0 Å². The van der Waals surface area contributed by atoms with Gasteiger partial charge in [0.25, 0.3) is 5.91 Å². The van der Waals surface area contributed by atoms with Crippen molar-refractivity contribution in [1.29, 1.82) is 0 Å². The Morgan fingerprint density at radius 2 is 1.66 bits per heavy atom. The molecule has 2 saturated heterocycles. The van der Waals surface area contributed by atoms with Crippen LogP contribution in [0, 0.1) is 0 Å². The van der Waals surface area contributed by atoms with Gasteiger partial charge in [-0.05, 0) is 42.7 Å². The maximum atomic E-state index is 12.9. The molecule has 2 aliphatic heterocycles. The molecule has 0 saturated carbocycles. The van der Waals surface area contributed by atoms with E-state index in [1.165, 1.54) is 4.90 Å². The number of carbonyl (C=O) groups is 3. The molecule has 0 N–H and O–H groups in total. The van der Waals surface area contributed by atoms with E-state index >= 15 is 0 Å². The number of imide groups is 1. The first-order valence-corrected chi connectivity index (χ1v) is 10.7. The van der Waals surface area contributed by atoms with Crippen LogP contribution in [0.2, 0.25) is 0 Å². The van der Waals surface area contributed by atoms with Gasteiger partial charge in [0, 0.05) is 19.1 Å². The van der Waals surface area contributed by atoms with Crippen molar-refractivity contribution in [2.45, 2.75) is 25.3 Å². The molecule has 4 amide bonds. The van der Waals surface area contributed by atoms with Gasteiger partial charge in [-0.2, -0.15) is 0 Å². The first-order chi connectivity index (χ1) is 15.5. The molecule has 168 valence electrons. The van der Waals surface area contributed by atoms with Gasteiger partial charge in [0.15, 0.2) is 11.5 Å². The van der Waals surface area contributed by atoms with Gasteiger partial charge in [0.1, 0.15) is 6.54 Å². The number of ether oxygens (including phenoxy) is 2. The number of hydrogen-bond donors (Lipinski definition) is 0. The Labute approximate surface area is 187 Å². The van der Waals surface area contributed by atoms with Crippen LogP contribution in [0.3, 0.4) is 0 Å². The molecule has 0 radical (unpaired) electrons. The molecule has 2 heterocycles. The summed E-state index contributed by atoms with van der Waals surface area (Å²) in [5.41, 5.74) is 1.45. The van der Waals surface area contributed by atoms with Crippen LogP contribution in [0.15, 0.2) is 48.5 Å². The summed E-state index contributed by atoms with van der Waals surface area (Å²) in [7, 11) is 3.14. The van der Waals surface area contributed by atoms with Crippen LogP contribution in [0.4, 0.5) is 10.5 Å². The fourth-order valence-corrected chi connectivity index (χ4v) is 4.34. The smallest absolute Gasteiger partial charge is 0.332 e. The van der Waals surface area contributed by atoms with Crippen LogP contribution in [-0.2, 0) is 16.0 Å². The van der Waals surface area contributed by atoms with Crippen molar-refractivity contribution in [3.8, 4) is 11.5 Å². The summed E-state index contributed by atoms with van der Waals surface area (Å²) >= 11 is 0. The summed E-state index contributed by atoms with van der Waals surface area (Å²) in [6.07, 6.45) is 1.58. The average molecular weight is 437 g/mol. The Morgan fingerprint density at radius 1 is 0.969 bits per heavy atom. The number of hydrogen-bond acceptors (Lipinski definition) is 5. The van der Waals surface area contributed by atoms with E-state index < -0.39 is 0 Å². The minimum absolute atomic E-state index is 0.0328. The van der Waals surface area contributed by atoms with Crippen molar-refractivity contribution in [2.75, 3.05) is 38.8 Å². The number of urea groups is 1. The van der Waals surface area contributed by atoms with Gasteiger partial charge in [0.05, 0.1) is 26.3 Å². The van der Waals surface area contributed by atoms with Gasteiger partial charge in [0.2, 0.25) is 5.91 Å². The van der Waals surface area contributed by atoms with E-state index in [-0.39, 0.29) is 36.9 Å². The third-order valence-corrected chi connectivity index (χ3v) is 6.07. The summed E-state index contributed by atoms with van der Waals surface area (Å²) in [5.74, 6) is 1.04. The Kier molecular flexibility index (Phi) is 6.30. The molecule has 2 aromatic carbocycles. The van der Waals surface area contributed by atoms with Gasteiger partial charge < -0.3 is 19.3 Å². The van der Waals surface area contributed by atoms with Crippen molar-refractivity contribution in [3.05, 3.63) is 54.1 Å². The number of carbonyl (C=O) groups excluding carboxylic acids is 3.